The second-order valence-electron chi connectivity index (χ2n) is 6.43. The van der Waals surface area contributed by atoms with E-state index in [2.05, 4.69) is 10.3 Å². The van der Waals surface area contributed by atoms with Crippen LogP contribution in [-0.2, 0) is 0 Å². The highest BCUT2D eigenvalue weighted by atomic mass is 35.5. The Labute approximate surface area is 176 Å². The van der Waals surface area contributed by atoms with E-state index in [1.54, 1.807) is 36.4 Å². The smallest absolute Gasteiger partial charge is 0.354 e. The summed E-state index contributed by atoms with van der Waals surface area (Å²) in [5.74, 6) is -0.460. The molecule has 4 aromatic rings. The van der Waals surface area contributed by atoms with Gasteiger partial charge in [-0.3, -0.25) is 4.79 Å². The highest BCUT2D eigenvalue weighted by molar-refractivity contribution is 6.30. The van der Waals surface area contributed by atoms with Crippen molar-refractivity contribution in [3.8, 4) is 11.5 Å². The molecule has 0 aliphatic rings. The molecule has 0 saturated heterocycles. The van der Waals surface area contributed by atoms with Crippen molar-refractivity contribution in [3.63, 3.8) is 0 Å². The first-order valence-electron chi connectivity index (χ1n) is 8.96. The summed E-state index contributed by atoms with van der Waals surface area (Å²) >= 11 is 5.88. The van der Waals surface area contributed by atoms with Crippen LogP contribution in [0.5, 0.6) is 11.5 Å². The number of pyridine rings is 1. The fraction of sp³-hybridized carbons (Fsp3) is 0. The Morgan fingerprint density at radius 1 is 0.933 bits per heavy atom. The van der Waals surface area contributed by atoms with E-state index in [1.807, 2.05) is 30.3 Å². The second kappa shape index (κ2) is 8.23. The van der Waals surface area contributed by atoms with Crippen LogP contribution in [0.4, 0.5) is 5.69 Å². The summed E-state index contributed by atoms with van der Waals surface area (Å²) in [7, 11) is 0. The molecule has 0 radical (unpaired) electrons. The zero-order valence-corrected chi connectivity index (χ0v) is 16.3. The zero-order valence-electron chi connectivity index (χ0n) is 15.5. The minimum atomic E-state index is -1.12. The molecule has 1 heterocycles. The number of carbonyl (C=O) groups is 2. The van der Waals surface area contributed by atoms with Crippen LogP contribution < -0.4 is 10.1 Å². The first-order valence-corrected chi connectivity index (χ1v) is 9.34. The van der Waals surface area contributed by atoms with E-state index >= 15 is 0 Å². The van der Waals surface area contributed by atoms with Gasteiger partial charge in [-0.15, -0.1) is 0 Å². The van der Waals surface area contributed by atoms with Crippen LogP contribution in [-0.4, -0.2) is 22.0 Å². The molecular formula is C23H15ClN2O4. The lowest BCUT2D eigenvalue weighted by Gasteiger charge is -2.11. The van der Waals surface area contributed by atoms with Crippen molar-refractivity contribution in [3.05, 3.63) is 95.3 Å². The summed E-state index contributed by atoms with van der Waals surface area (Å²) in [6.07, 6.45) is 1.38. The molecule has 0 bridgehead atoms. The summed E-state index contributed by atoms with van der Waals surface area (Å²) in [4.78, 5) is 27.4. The van der Waals surface area contributed by atoms with Crippen LogP contribution >= 0.6 is 11.6 Å². The van der Waals surface area contributed by atoms with Crippen LogP contribution in [0.1, 0.15) is 20.8 Å². The van der Waals surface area contributed by atoms with Gasteiger partial charge in [-0.2, -0.15) is 0 Å². The van der Waals surface area contributed by atoms with Gasteiger partial charge in [0.15, 0.2) is 5.69 Å². The number of hydrogen-bond acceptors (Lipinski definition) is 4. The van der Waals surface area contributed by atoms with Gasteiger partial charge in [-0.05, 0) is 60.0 Å². The third-order valence-electron chi connectivity index (χ3n) is 4.39. The van der Waals surface area contributed by atoms with E-state index in [9.17, 15) is 9.59 Å². The average molecular weight is 419 g/mol. The molecule has 148 valence electrons. The third-order valence-corrected chi connectivity index (χ3v) is 4.64. The molecule has 2 N–H and O–H groups in total. The summed E-state index contributed by atoms with van der Waals surface area (Å²) in [5, 5.41) is 14.2. The topological polar surface area (TPSA) is 88.5 Å². The zero-order chi connectivity index (χ0) is 21.1. The van der Waals surface area contributed by atoms with Crippen LogP contribution in [0.15, 0.2) is 79.0 Å². The number of aromatic carboxylic acids is 1. The molecule has 0 atom stereocenters. The van der Waals surface area contributed by atoms with Crippen LogP contribution in [0.3, 0.4) is 0 Å². The number of ether oxygens (including phenoxy) is 1. The van der Waals surface area contributed by atoms with Gasteiger partial charge < -0.3 is 15.2 Å². The number of carboxylic acids is 1. The molecular weight excluding hydrogens is 404 g/mol. The molecule has 1 amide bonds. The fourth-order valence-corrected chi connectivity index (χ4v) is 3.08. The maximum Gasteiger partial charge on any atom is 0.354 e. The minimum absolute atomic E-state index is 0.0968. The van der Waals surface area contributed by atoms with Gasteiger partial charge >= 0.3 is 5.97 Å². The predicted molar refractivity (Wildman–Crippen MR) is 115 cm³/mol. The number of hydrogen-bond donors (Lipinski definition) is 2. The lowest BCUT2D eigenvalue weighted by molar-refractivity contribution is 0.0690. The number of nitrogens with one attached hydrogen (secondary N) is 1. The Bertz CT molecular complexity index is 1260. The molecule has 6 nitrogen and oxygen atoms in total. The van der Waals surface area contributed by atoms with Gasteiger partial charge in [0.2, 0.25) is 0 Å². The van der Waals surface area contributed by atoms with Crippen molar-refractivity contribution in [2.75, 3.05) is 5.32 Å². The number of aromatic nitrogens is 1. The highest BCUT2D eigenvalue weighted by Crippen LogP contribution is 2.30. The van der Waals surface area contributed by atoms with Crippen molar-refractivity contribution in [2.24, 2.45) is 0 Å². The van der Waals surface area contributed by atoms with E-state index in [0.29, 0.717) is 27.8 Å². The monoisotopic (exact) mass is 418 g/mol. The number of rotatable bonds is 5. The van der Waals surface area contributed by atoms with E-state index in [0.717, 1.165) is 10.8 Å². The second-order valence-corrected chi connectivity index (χ2v) is 6.87. The standard InChI is InChI=1S/C23H15ClN2O4/c24-16-6-4-14(5-7-16)22(27)26-20-3-1-2-15-12-17(8-9-19(15)20)30-18-10-11-25-21(13-18)23(28)29/h1-13H,(H,26,27)(H,28,29). The Kier molecular flexibility index (Phi) is 5.32. The van der Waals surface area contributed by atoms with E-state index in [1.165, 1.54) is 12.3 Å². The first-order chi connectivity index (χ1) is 14.5. The van der Waals surface area contributed by atoms with Gasteiger partial charge in [0, 0.05) is 33.9 Å². The third kappa shape index (κ3) is 4.24. The van der Waals surface area contributed by atoms with E-state index in [-0.39, 0.29) is 11.6 Å². The maximum absolute atomic E-state index is 12.5. The van der Waals surface area contributed by atoms with Crippen molar-refractivity contribution >= 4 is 39.9 Å². The summed E-state index contributed by atoms with van der Waals surface area (Å²) in [6, 6.07) is 20.5. The number of benzene rings is 3. The number of halogens is 1. The van der Waals surface area contributed by atoms with Gasteiger partial charge in [-0.1, -0.05) is 23.7 Å². The maximum atomic E-state index is 12.5. The van der Waals surface area contributed by atoms with Crippen molar-refractivity contribution in [2.45, 2.75) is 0 Å². The number of fused-ring (bicyclic) bond motifs is 1. The Balaban J connectivity index is 1.59. The molecule has 7 heteroatoms. The van der Waals surface area contributed by atoms with Crippen molar-refractivity contribution in [1.29, 1.82) is 0 Å². The number of carboxylic acid groups (broad SMARTS) is 1. The molecule has 0 aliphatic heterocycles. The first kappa shape index (κ1) is 19.4. The molecule has 0 saturated carbocycles. The van der Waals surface area contributed by atoms with Gasteiger partial charge in [0.25, 0.3) is 5.91 Å². The Morgan fingerprint density at radius 3 is 2.47 bits per heavy atom. The Hall–Kier alpha value is -3.90. The molecule has 0 fully saturated rings. The fourth-order valence-electron chi connectivity index (χ4n) is 2.96. The summed E-state index contributed by atoms with van der Waals surface area (Å²) in [5.41, 5.74) is 1.07. The lowest BCUT2D eigenvalue weighted by Crippen LogP contribution is -2.11. The largest absolute Gasteiger partial charge is 0.477 e. The minimum Gasteiger partial charge on any atom is -0.477 e. The lowest BCUT2D eigenvalue weighted by atomic mass is 10.1. The quantitative estimate of drug-likeness (QED) is 0.438. The summed E-state index contributed by atoms with van der Waals surface area (Å²) in [6.45, 7) is 0. The van der Waals surface area contributed by atoms with Gasteiger partial charge in [-0.25, -0.2) is 9.78 Å². The Morgan fingerprint density at radius 2 is 1.70 bits per heavy atom. The predicted octanol–water partition coefficient (Wildman–Crippen LogP) is 5.63. The molecule has 4 rings (SSSR count). The SMILES string of the molecule is O=C(Nc1cccc2cc(Oc3ccnc(C(=O)O)c3)ccc12)c1ccc(Cl)cc1. The van der Waals surface area contributed by atoms with Crippen molar-refractivity contribution < 1.29 is 19.4 Å². The molecule has 0 aliphatic carbocycles. The van der Waals surface area contributed by atoms with Crippen LogP contribution in [0.25, 0.3) is 10.8 Å². The number of amides is 1. The molecule has 0 spiro atoms. The van der Waals surface area contributed by atoms with Crippen LogP contribution in [0, 0.1) is 0 Å². The summed E-state index contributed by atoms with van der Waals surface area (Å²) < 4.78 is 5.78. The van der Waals surface area contributed by atoms with E-state index in [4.69, 9.17) is 21.4 Å². The average Bonchev–Trinajstić information content (AvgIpc) is 2.74. The molecule has 3 aromatic carbocycles. The van der Waals surface area contributed by atoms with Gasteiger partial charge in [0.1, 0.15) is 11.5 Å². The highest BCUT2D eigenvalue weighted by Gasteiger charge is 2.10. The number of anilines is 1. The van der Waals surface area contributed by atoms with E-state index < -0.39 is 5.97 Å². The normalized spacial score (nSPS) is 10.6. The molecule has 1 aromatic heterocycles. The number of carbonyl (C=O) groups excluding carboxylic acids is 1. The van der Waals surface area contributed by atoms with Gasteiger partial charge in [0.05, 0.1) is 0 Å². The molecule has 0 unspecified atom stereocenters. The van der Waals surface area contributed by atoms with Crippen molar-refractivity contribution in [1.82, 2.24) is 4.98 Å². The number of nitrogens with zero attached hydrogens (tertiary/aromatic N) is 1. The van der Waals surface area contributed by atoms with Crippen LogP contribution in [0.2, 0.25) is 5.02 Å². The molecule has 30 heavy (non-hydrogen) atoms.